The molecule has 0 spiro atoms. The highest BCUT2D eigenvalue weighted by molar-refractivity contribution is 14.1. The molecule has 0 radical (unpaired) electrons. The van der Waals surface area contributed by atoms with Crippen molar-refractivity contribution in [1.29, 1.82) is 0 Å². The minimum atomic E-state index is -0.320. The second kappa shape index (κ2) is 5.26. The van der Waals surface area contributed by atoms with Gasteiger partial charge in [0, 0.05) is 10.7 Å². The number of hydrogen-bond donors (Lipinski definition) is 1. The summed E-state index contributed by atoms with van der Waals surface area (Å²) in [7, 11) is 1.44. The van der Waals surface area contributed by atoms with Crippen LogP contribution in [-0.2, 0) is 9.53 Å². The number of amides is 1. The molecule has 1 rings (SSSR count). The third kappa shape index (κ3) is 3.22. The Morgan fingerprint density at radius 1 is 1.64 bits per heavy atom. The molecule has 0 aliphatic rings. The molecule has 1 amide bonds. The summed E-state index contributed by atoms with van der Waals surface area (Å²) < 4.78 is 18.0. The molecule has 0 fully saturated rings. The molecule has 5 heteroatoms. The van der Waals surface area contributed by atoms with Gasteiger partial charge in [0.15, 0.2) is 0 Å². The summed E-state index contributed by atoms with van der Waals surface area (Å²) in [6, 6.07) is 4.16. The van der Waals surface area contributed by atoms with E-state index in [1.165, 1.54) is 25.3 Å². The molecule has 1 aromatic rings. The van der Waals surface area contributed by atoms with Gasteiger partial charge in [0.2, 0.25) is 5.91 Å². The number of rotatable bonds is 3. The summed E-state index contributed by atoms with van der Waals surface area (Å²) in [6.45, 7) is -0.00649. The molecular formula is C9H9FINO2. The van der Waals surface area contributed by atoms with Gasteiger partial charge in [0.25, 0.3) is 0 Å². The van der Waals surface area contributed by atoms with Crippen LogP contribution in [0.3, 0.4) is 0 Å². The lowest BCUT2D eigenvalue weighted by Gasteiger charge is -2.06. The van der Waals surface area contributed by atoms with E-state index in [-0.39, 0.29) is 18.3 Å². The standard InChI is InChI=1S/C9H9FINO2/c1-14-5-9(13)12-8-3-2-6(10)4-7(8)11/h2-4H,5H2,1H3,(H,12,13). The lowest BCUT2D eigenvalue weighted by molar-refractivity contribution is -0.119. The van der Waals surface area contributed by atoms with E-state index in [4.69, 9.17) is 0 Å². The van der Waals surface area contributed by atoms with E-state index in [2.05, 4.69) is 10.1 Å². The number of carbonyl (C=O) groups is 1. The minimum absolute atomic E-state index is 0.00649. The van der Waals surface area contributed by atoms with Crippen molar-refractivity contribution in [2.24, 2.45) is 0 Å². The van der Waals surface area contributed by atoms with E-state index in [9.17, 15) is 9.18 Å². The maximum Gasteiger partial charge on any atom is 0.250 e. The van der Waals surface area contributed by atoms with Gasteiger partial charge in [0.05, 0.1) is 5.69 Å². The number of halogens is 2. The normalized spacial score (nSPS) is 9.93. The number of anilines is 1. The largest absolute Gasteiger partial charge is 0.375 e. The van der Waals surface area contributed by atoms with Crippen LogP contribution >= 0.6 is 22.6 Å². The molecule has 0 saturated carbocycles. The van der Waals surface area contributed by atoms with Crippen LogP contribution in [0, 0.1) is 9.39 Å². The van der Waals surface area contributed by atoms with Crippen molar-refractivity contribution < 1.29 is 13.9 Å². The van der Waals surface area contributed by atoms with Crippen molar-refractivity contribution >= 4 is 34.2 Å². The van der Waals surface area contributed by atoms with Crippen molar-refractivity contribution in [3.63, 3.8) is 0 Å². The Kier molecular flexibility index (Phi) is 4.27. The zero-order chi connectivity index (χ0) is 10.6. The van der Waals surface area contributed by atoms with E-state index in [1.807, 2.05) is 22.6 Å². The fourth-order valence-electron chi connectivity index (χ4n) is 0.908. The Morgan fingerprint density at radius 3 is 2.93 bits per heavy atom. The highest BCUT2D eigenvalue weighted by Crippen LogP contribution is 2.18. The van der Waals surface area contributed by atoms with Crippen molar-refractivity contribution in [3.05, 3.63) is 27.6 Å². The third-order valence-electron chi connectivity index (χ3n) is 1.48. The first-order chi connectivity index (χ1) is 6.63. The van der Waals surface area contributed by atoms with Gasteiger partial charge < -0.3 is 10.1 Å². The number of hydrogen-bond acceptors (Lipinski definition) is 2. The molecule has 14 heavy (non-hydrogen) atoms. The smallest absolute Gasteiger partial charge is 0.250 e. The minimum Gasteiger partial charge on any atom is -0.375 e. The molecule has 76 valence electrons. The second-order valence-corrected chi connectivity index (χ2v) is 3.77. The number of carbonyl (C=O) groups excluding carboxylic acids is 1. The molecule has 1 N–H and O–H groups in total. The van der Waals surface area contributed by atoms with Crippen LogP contribution in [0.15, 0.2) is 18.2 Å². The van der Waals surface area contributed by atoms with E-state index >= 15 is 0 Å². The summed E-state index contributed by atoms with van der Waals surface area (Å²) >= 11 is 1.95. The first-order valence-electron chi connectivity index (χ1n) is 3.87. The molecule has 0 heterocycles. The summed E-state index contributed by atoms with van der Waals surface area (Å²) in [6.07, 6.45) is 0. The van der Waals surface area contributed by atoms with Crippen LogP contribution in [0.2, 0.25) is 0 Å². The van der Waals surface area contributed by atoms with E-state index in [0.29, 0.717) is 9.26 Å². The number of ether oxygens (including phenoxy) is 1. The van der Waals surface area contributed by atoms with Crippen LogP contribution in [0.1, 0.15) is 0 Å². The summed E-state index contributed by atoms with van der Waals surface area (Å²) in [4.78, 5) is 11.1. The second-order valence-electron chi connectivity index (χ2n) is 2.61. The van der Waals surface area contributed by atoms with Crippen LogP contribution in [0.25, 0.3) is 0 Å². The zero-order valence-corrected chi connectivity index (χ0v) is 9.67. The van der Waals surface area contributed by atoms with Crippen LogP contribution < -0.4 is 5.32 Å². The van der Waals surface area contributed by atoms with Crippen molar-refractivity contribution in [2.45, 2.75) is 0 Å². The SMILES string of the molecule is COCC(=O)Nc1ccc(F)cc1I. The van der Waals surface area contributed by atoms with E-state index < -0.39 is 0 Å². The van der Waals surface area contributed by atoms with Crippen LogP contribution in [-0.4, -0.2) is 19.6 Å². The Bertz CT molecular complexity index is 344. The molecule has 0 aromatic heterocycles. The van der Waals surface area contributed by atoms with Gasteiger partial charge in [0.1, 0.15) is 12.4 Å². The van der Waals surface area contributed by atoms with E-state index in [0.717, 1.165) is 0 Å². The lowest BCUT2D eigenvalue weighted by atomic mass is 10.3. The van der Waals surface area contributed by atoms with Gasteiger partial charge in [-0.15, -0.1) is 0 Å². The number of benzene rings is 1. The van der Waals surface area contributed by atoms with Crippen molar-refractivity contribution in [2.75, 3.05) is 19.0 Å². The Balaban J connectivity index is 2.72. The van der Waals surface area contributed by atoms with Gasteiger partial charge in [-0.1, -0.05) is 0 Å². The number of methoxy groups -OCH3 is 1. The molecular weight excluding hydrogens is 300 g/mol. The quantitative estimate of drug-likeness (QED) is 0.868. The monoisotopic (exact) mass is 309 g/mol. The zero-order valence-electron chi connectivity index (χ0n) is 7.51. The van der Waals surface area contributed by atoms with Gasteiger partial charge in [-0.05, 0) is 40.8 Å². The summed E-state index contributed by atoms with van der Waals surface area (Å²) in [5.41, 5.74) is 0.592. The molecule has 3 nitrogen and oxygen atoms in total. The topological polar surface area (TPSA) is 38.3 Å². The highest BCUT2D eigenvalue weighted by atomic mass is 127. The van der Waals surface area contributed by atoms with Gasteiger partial charge in [-0.2, -0.15) is 0 Å². The van der Waals surface area contributed by atoms with Crippen molar-refractivity contribution in [1.82, 2.24) is 0 Å². The number of nitrogens with one attached hydrogen (secondary N) is 1. The van der Waals surface area contributed by atoms with Gasteiger partial charge in [-0.3, -0.25) is 4.79 Å². The first-order valence-corrected chi connectivity index (χ1v) is 4.95. The molecule has 1 aromatic carbocycles. The first kappa shape index (κ1) is 11.4. The Morgan fingerprint density at radius 2 is 2.36 bits per heavy atom. The fourth-order valence-corrected chi connectivity index (χ4v) is 1.52. The van der Waals surface area contributed by atoms with Crippen LogP contribution in [0.5, 0.6) is 0 Å². The lowest BCUT2D eigenvalue weighted by Crippen LogP contribution is -2.17. The molecule has 0 atom stereocenters. The Labute approximate surface area is 94.8 Å². The predicted octanol–water partition coefficient (Wildman–Crippen LogP) is 2.02. The molecule has 0 aliphatic heterocycles. The third-order valence-corrected chi connectivity index (χ3v) is 2.37. The highest BCUT2D eigenvalue weighted by Gasteiger charge is 2.05. The summed E-state index contributed by atoms with van der Waals surface area (Å²) in [5, 5.41) is 2.60. The van der Waals surface area contributed by atoms with Gasteiger partial charge in [-0.25, -0.2) is 4.39 Å². The van der Waals surface area contributed by atoms with Crippen LogP contribution in [0.4, 0.5) is 10.1 Å². The average Bonchev–Trinajstić information content (AvgIpc) is 2.10. The maximum atomic E-state index is 12.7. The molecule has 0 saturated heterocycles. The van der Waals surface area contributed by atoms with Crippen molar-refractivity contribution in [3.8, 4) is 0 Å². The van der Waals surface area contributed by atoms with Gasteiger partial charge >= 0.3 is 0 Å². The average molecular weight is 309 g/mol. The molecule has 0 aliphatic carbocycles. The molecule has 0 bridgehead atoms. The van der Waals surface area contributed by atoms with E-state index in [1.54, 1.807) is 0 Å². The predicted molar refractivity (Wildman–Crippen MR) is 59.6 cm³/mol. The fraction of sp³-hybridized carbons (Fsp3) is 0.222. The summed E-state index contributed by atoms with van der Waals surface area (Å²) in [5.74, 6) is -0.573. The Hall–Kier alpha value is -0.690. The maximum absolute atomic E-state index is 12.7. The molecule has 0 unspecified atom stereocenters.